The van der Waals surface area contributed by atoms with Gasteiger partial charge in [-0.25, -0.2) is 0 Å². The number of rotatable bonds is 5. The first kappa shape index (κ1) is 10.5. The molecule has 1 saturated carbocycles. The first-order valence-corrected chi connectivity index (χ1v) is 5.08. The second-order valence-corrected chi connectivity index (χ2v) is 4.11. The van der Waals surface area contributed by atoms with E-state index in [4.69, 9.17) is 5.73 Å². The Balaban J connectivity index is 2.29. The summed E-state index contributed by atoms with van der Waals surface area (Å²) in [6, 6.07) is 0. The molecule has 0 unspecified atom stereocenters. The standard InChI is InChI=1S/C11H19NO/c1-2-3-6-10(13)9-11(12)7-4-5-8-11/h2H,1,3-9,12H2. The zero-order valence-electron chi connectivity index (χ0n) is 8.22. The van der Waals surface area contributed by atoms with Crippen molar-refractivity contribution in [3.8, 4) is 0 Å². The van der Waals surface area contributed by atoms with Crippen LogP contribution < -0.4 is 5.73 Å². The maximum absolute atomic E-state index is 11.4. The average Bonchev–Trinajstić information content (AvgIpc) is 2.48. The zero-order chi connectivity index (χ0) is 9.73. The van der Waals surface area contributed by atoms with E-state index in [1.54, 1.807) is 6.08 Å². The van der Waals surface area contributed by atoms with Crippen LogP contribution in [0, 0.1) is 0 Å². The fourth-order valence-corrected chi connectivity index (χ4v) is 2.00. The van der Waals surface area contributed by atoms with Crippen LogP contribution in [0.5, 0.6) is 0 Å². The van der Waals surface area contributed by atoms with Crippen LogP contribution in [0.15, 0.2) is 12.7 Å². The van der Waals surface area contributed by atoms with Gasteiger partial charge in [0.15, 0.2) is 0 Å². The van der Waals surface area contributed by atoms with Crippen LogP contribution in [0.3, 0.4) is 0 Å². The molecule has 0 amide bonds. The third-order valence-corrected chi connectivity index (χ3v) is 2.78. The molecular formula is C11H19NO. The van der Waals surface area contributed by atoms with E-state index in [-0.39, 0.29) is 5.54 Å². The largest absolute Gasteiger partial charge is 0.325 e. The van der Waals surface area contributed by atoms with Gasteiger partial charge in [0.2, 0.25) is 0 Å². The van der Waals surface area contributed by atoms with Crippen molar-refractivity contribution in [3.63, 3.8) is 0 Å². The van der Waals surface area contributed by atoms with E-state index in [1.807, 2.05) is 0 Å². The third kappa shape index (κ3) is 3.31. The van der Waals surface area contributed by atoms with E-state index in [9.17, 15) is 4.79 Å². The molecule has 13 heavy (non-hydrogen) atoms. The van der Waals surface area contributed by atoms with Gasteiger partial charge < -0.3 is 5.73 Å². The molecule has 1 fully saturated rings. The van der Waals surface area contributed by atoms with E-state index in [0.717, 1.165) is 19.3 Å². The van der Waals surface area contributed by atoms with Crippen molar-refractivity contribution in [1.29, 1.82) is 0 Å². The highest BCUT2D eigenvalue weighted by Gasteiger charge is 2.30. The summed E-state index contributed by atoms with van der Waals surface area (Å²) in [5, 5.41) is 0. The van der Waals surface area contributed by atoms with Gasteiger partial charge in [-0.1, -0.05) is 18.9 Å². The van der Waals surface area contributed by atoms with Crippen LogP contribution in [0.25, 0.3) is 0 Å². The minimum Gasteiger partial charge on any atom is -0.325 e. The molecule has 0 radical (unpaired) electrons. The second-order valence-electron chi connectivity index (χ2n) is 4.11. The van der Waals surface area contributed by atoms with E-state index >= 15 is 0 Å². The molecule has 0 saturated heterocycles. The summed E-state index contributed by atoms with van der Waals surface area (Å²) in [5.74, 6) is 0.296. The van der Waals surface area contributed by atoms with Crippen molar-refractivity contribution in [2.45, 2.75) is 50.5 Å². The molecule has 0 aromatic heterocycles. The minimum absolute atomic E-state index is 0.168. The van der Waals surface area contributed by atoms with Crippen molar-refractivity contribution in [2.24, 2.45) is 5.73 Å². The van der Waals surface area contributed by atoms with Crippen molar-refractivity contribution >= 4 is 5.78 Å². The highest BCUT2D eigenvalue weighted by Crippen LogP contribution is 2.30. The van der Waals surface area contributed by atoms with Crippen molar-refractivity contribution < 1.29 is 4.79 Å². The molecule has 2 heteroatoms. The SMILES string of the molecule is C=CCCC(=O)CC1(N)CCCC1. The number of Topliss-reactive ketones (excluding diaryl/α,β-unsaturated/α-hetero) is 1. The number of carbonyl (C=O) groups is 1. The maximum atomic E-state index is 11.4. The smallest absolute Gasteiger partial charge is 0.135 e. The highest BCUT2D eigenvalue weighted by atomic mass is 16.1. The van der Waals surface area contributed by atoms with E-state index in [2.05, 4.69) is 6.58 Å². The molecule has 2 N–H and O–H groups in total. The number of nitrogens with two attached hydrogens (primary N) is 1. The van der Waals surface area contributed by atoms with Gasteiger partial charge in [-0.2, -0.15) is 0 Å². The Morgan fingerprint density at radius 2 is 2.08 bits per heavy atom. The number of ketones is 1. The molecule has 2 nitrogen and oxygen atoms in total. The molecule has 0 heterocycles. The van der Waals surface area contributed by atoms with Crippen LogP contribution in [-0.4, -0.2) is 11.3 Å². The summed E-state index contributed by atoms with van der Waals surface area (Å²) in [6.07, 6.45) is 8.17. The number of allylic oxidation sites excluding steroid dienone is 1. The summed E-state index contributed by atoms with van der Waals surface area (Å²) in [7, 11) is 0. The fraction of sp³-hybridized carbons (Fsp3) is 0.727. The topological polar surface area (TPSA) is 43.1 Å². The average molecular weight is 181 g/mol. The highest BCUT2D eigenvalue weighted by molar-refractivity contribution is 5.79. The van der Waals surface area contributed by atoms with Crippen LogP contribution >= 0.6 is 0 Å². The molecule has 0 atom stereocenters. The molecule has 0 aliphatic heterocycles. The normalized spacial score (nSPS) is 20.1. The third-order valence-electron chi connectivity index (χ3n) is 2.78. The molecule has 1 aliphatic carbocycles. The predicted octanol–water partition coefficient (Wildman–Crippen LogP) is 2.18. The minimum atomic E-state index is -0.168. The Morgan fingerprint density at radius 3 is 2.62 bits per heavy atom. The molecule has 0 aromatic carbocycles. The van der Waals surface area contributed by atoms with Crippen molar-refractivity contribution in [1.82, 2.24) is 0 Å². The van der Waals surface area contributed by atoms with E-state index in [1.165, 1.54) is 12.8 Å². The summed E-state index contributed by atoms with van der Waals surface area (Å²) in [6.45, 7) is 3.60. The van der Waals surface area contributed by atoms with Crippen molar-refractivity contribution in [3.05, 3.63) is 12.7 Å². The molecule has 1 rings (SSSR count). The fourth-order valence-electron chi connectivity index (χ4n) is 2.00. The summed E-state index contributed by atoms with van der Waals surface area (Å²) in [4.78, 5) is 11.4. The molecule has 0 aromatic rings. The summed E-state index contributed by atoms with van der Waals surface area (Å²) in [5.41, 5.74) is 5.92. The van der Waals surface area contributed by atoms with E-state index < -0.39 is 0 Å². The summed E-state index contributed by atoms with van der Waals surface area (Å²) < 4.78 is 0. The van der Waals surface area contributed by atoms with Gasteiger partial charge in [0.25, 0.3) is 0 Å². The Morgan fingerprint density at radius 1 is 1.46 bits per heavy atom. The first-order chi connectivity index (χ1) is 6.16. The van der Waals surface area contributed by atoms with Crippen LogP contribution in [0.1, 0.15) is 44.9 Å². The molecule has 1 aliphatic rings. The lowest BCUT2D eigenvalue weighted by molar-refractivity contribution is -0.120. The van der Waals surface area contributed by atoms with Gasteiger partial charge in [0, 0.05) is 18.4 Å². The monoisotopic (exact) mass is 181 g/mol. The lowest BCUT2D eigenvalue weighted by atomic mass is 9.91. The Kier molecular flexibility index (Phi) is 3.67. The van der Waals surface area contributed by atoms with Crippen LogP contribution in [-0.2, 0) is 4.79 Å². The summed E-state index contributed by atoms with van der Waals surface area (Å²) >= 11 is 0. The number of hydrogen-bond acceptors (Lipinski definition) is 2. The quantitative estimate of drug-likeness (QED) is 0.661. The molecular weight excluding hydrogens is 162 g/mol. The lowest BCUT2D eigenvalue weighted by Crippen LogP contribution is -2.38. The van der Waals surface area contributed by atoms with Crippen molar-refractivity contribution in [2.75, 3.05) is 0 Å². The Hall–Kier alpha value is -0.630. The first-order valence-electron chi connectivity index (χ1n) is 5.08. The molecule has 0 spiro atoms. The molecule has 74 valence electrons. The predicted molar refractivity (Wildman–Crippen MR) is 54.4 cm³/mol. The molecule has 0 bridgehead atoms. The Labute approximate surface area is 80.2 Å². The maximum Gasteiger partial charge on any atom is 0.135 e. The lowest BCUT2D eigenvalue weighted by Gasteiger charge is -2.22. The zero-order valence-corrected chi connectivity index (χ0v) is 8.22. The van der Waals surface area contributed by atoms with Gasteiger partial charge in [0.1, 0.15) is 5.78 Å². The van der Waals surface area contributed by atoms with E-state index in [0.29, 0.717) is 18.6 Å². The van der Waals surface area contributed by atoms with Gasteiger partial charge in [-0.3, -0.25) is 4.79 Å². The van der Waals surface area contributed by atoms with Gasteiger partial charge in [-0.15, -0.1) is 6.58 Å². The van der Waals surface area contributed by atoms with Gasteiger partial charge in [-0.05, 0) is 19.3 Å². The number of carbonyl (C=O) groups excluding carboxylic acids is 1. The van der Waals surface area contributed by atoms with Crippen LogP contribution in [0.2, 0.25) is 0 Å². The Bertz CT molecular complexity index is 192. The number of hydrogen-bond donors (Lipinski definition) is 1. The van der Waals surface area contributed by atoms with Gasteiger partial charge in [0.05, 0.1) is 0 Å². The second kappa shape index (κ2) is 4.56. The van der Waals surface area contributed by atoms with Crippen LogP contribution in [0.4, 0.5) is 0 Å². The van der Waals surface area contributed by atoms with Gasteiger partial charge >= 0.3 is 0 Å².